The van der Waals surface area contributed by atoms with Crippen LogP contribution in [0, 0.1) is 0 Å². The minimum absolute atomic E-state index is 0.00771. The molecule has 0 rings (SSSR count). The molecule has 0 fully saturated rings. The van der Waals surface area contributed by atoms with Crippen molar-refractivity contribution >= 4 is 0 Å². The van der Waals surface area contributed by atoms with Crippen LogP contribution in [0.3, 0.4) is 0 Å². The molecule has 2 heteroatoms. The van der Waals surface area contributed by atoms with Crippen molar-refractivity contribution < 1.29 is 0 Å². The predicted octanol–water partition coefficient (Wildman–Crippen LogP) is 2.23. The van der Waals surface area contributed by atoms with Gasteiger partial charge in [0.1, 0.15) is 0 Å². The molecule has 0 aromatic rings. The Labute approximate surface area is 83.5 Å². The van der Waals surface area contributed by atoms with Crippen molar-refractivity contribution in [1.29, 1.82) is 0 Å². The average molecular weight is 186 g/mol. The van der Waals surface area contributed by atoms with E-state index in [0.29, 0.717) is 0 Å². The largest absolute Gasteiger partial charge is 0.325 e. The number of rotatable bonds is 5. The summed E-state index contributed by atoms with van der Waals surface area (Å²) in [6, 6.07) is 0. The predicted molar refractivity (Wildman–Crippen MR) is 59.9 cm³/mol. The summed E-state index contributed by atoms with van der Waals surface area (Å²) in [5.74, 6) is 0. The molecule has 0 aromatic carbocycles. The van der Waals surface area contributed by atoms with Gasteiger partial charge >= 0.3 is 0 Å². The molecule has 0 saturated carbocycles. The second kappa shape index (κ2) is 4.43. The zero-order chi connectivity index (χ0) is 10.7. The third-order valence-corrected chi connectivity index (χ3v) is 3.40. The van der Waals surface area contributed by atoms with E-state index in [9.17, 15) is 0 Å². The van der Waals surface area contributed by atoms with Crippen LogP contribution in [-0.2, 0) is 0 Å². The van der Waals surface area contributed by atoms with E-state index in [2.05, 4.69) is 46.7 Å². The summed E-state index contributed by atoms with van der Waals surface area (Å²) < 4.78 is 0. The molecule has 0 aliphatic rings. The van der Waals surface area contributed by atoms with Gasteiger partial charge in [0.2, 0.25) is 0 Å². The normalized spacial score (nSPS) is 13.8. The lowest BCUT2D eigenvalue weighted by atomic mass is 9.80. The topological polar surface area (TPSA) is 29.3 Å². The number of hydrogen-bond acceptors (Lipinski definition) is 2. The lowest BCUT2D eigenvalue weighted by molar-refractivity contribution is 0.137. The molecular weight excluding hydrogens is 160 g/mol. The summed E-state index contributed by atoms with van der Waals surface area (Å²) in [6.07, 6.45) is 3.17. The van der Waals surface area contributed by atoms with E-state index in [1.165, 1.54) is 0 Å². The van der Waals surface area contributed by atoms with Gasteiger partial charge in [0.25, 0.3) is 0 Å². The van der Waals surface area contributed by atoms with Crippen LogP contribution < -0.4 is 5.73 Å². The summed E-state index contributed by atoms with van der Waals surface area (Å²) in [5, 5.41) is 0. The Morgan fingerprint density at radius 2 is 1.46 bits per heavy atom. The Morgan fingerprint density at radius 3 is 1.69 bits per heavy atom. The maximum atomic E-state index is 6.29. The molecule has 2 nitrogen and oxygen atoms in total. The van der Waals surface area contributed by atoms with E-state index < -0.39 is 0 Å². The van der Waals surface area contributed by atoms with Crippen LogP contribution in [0.5, 0.6) is 0 Å². The summed E-state index contributed by atoms with van der Waals surface area (Å²) in [5.41, 5.74) is 6.50. The Hall–Kier alpha value is -0.0800. The van der Waals surface area contributed by atoms with Gasteiger partial charge in [0.05, 0.1) is 0 Å². The highest BCUT2D eigenvalue weighted by Crippen LogP contribution is 2.27. The lowest BCUT2D eigenvalue weighted by Crippen LogP contribution is -2.50. The molecular formula is C11H26N2. The van der Waals surface area contributed by atoms with E-state index in [-0.39, 0.29) is 11.1 Å². The van der Waals surface area contributed by atoms with E-state index in [1.54, 1.807) is 0 Å². The number of nitrogens with zero attached hydrogens (tertiary/aromatic N) is 1. The monoisotopic (exact) mass is 186 g/mol. The first-order valence-electron chi connectivity index (χ1n) is 5.24. The fourth-order valence-corrected chi connectivity index (χ4v) is 1.52. The Morgan fingerprint density at radius 1 is 1.08 bits per heavy atom. The second-order valence-corrected chi connectivity index (χ2v) is 4.95. The van der Waals surface area contributed by atoms with Crippen LogP contribution in [0.4, 0.5) is 0 Å². The van der Waals surface area contributed by atoms with Gasteiger partial charge in [-0.3, -0.25) is 0 Å². The highest BCUT2D eigenvalue weighted by atomic mass is 15.1. The van der Waals surface area contributed by atoms with Crippen molar-refractivity contribution in [1.82, 2.24) is 4.90 Å². The van der Waals surface area contributed by atoms with Gasteiger partial charge in [0, 0.05) is 11.1 Å². The van der Waals surface area contributed by atoms with Crippen molar-refractivity contribution in [2.24, 2.45) is 5.73 Å². The van der Waals surface area contributed by atoms with E-state index >= 15 is 0 Å². The molecule has 0 aromatic heterocycles. The van der Waals surface area contributed by atoms with Gasteiger partial charge in [-0.15, -0.1) is 0 Å². The average Bonchev–Trinajstić information content (AvgIpc) is 2.03. The van der Waals surface area contributed by atoms with Gasteiger partial charge in [-0.2, -0.15) is 0 Å². The van der Waals surface area contributed by atoms with Gasteiger partial charge in [-0.1, -0.05) is 13.8 Å². The van der Waals surface area contributed by atoms with Crippen LogP contribution in [0.25, 0.3) is 0 Å². The quantitative estimate of drug-likeness (QED) is 0.713. The molecule has 0 heterocycles. The van der Waals surface area contributed by atoms with Crippen LogP contribution in [-0.4, -0.2) is 30.1 Å². The van der Waals surface area contributed by atoms with Gasteiger partial charge < -0.3 is 10.6 Å². The van der Waals surface area contributed by atoms with Crippen LogP contribution >= 0.6 is 0 Å². The fourth-order valence-electron chi connectivity index (χ4n) is 1.52. The molecule has 0 spiro atoms. The molecule has 2 N–H and O–H groups in total. The highest BCUT2D eigenvalue weighted by molar-refractivity contribution is 4.91. The zero-order valence-electron chi connectivity index (χ0n) is 10.1. The molecule has 0 aliphatic carbocycles. The smallest absolute Gasteiger partial charge is 0.0166 e. The van der Waals surface area contributed by atoms with Crippen LogP contribution in [0.15, 0.2) is 0 Å². The van der Waals surface area contributed by atoms with Crippen LogP contribution in [0.2, 0.25) is 0 Å². The summed E-state index contributed by atoms with van der Waals surface area (Å²) in [6.45, 7) is 8.85. The third-order valence-electron chi connectivity index (χ3n) is 3.40. The molecule has 80 valence electrons. The van der Waals surface area contributed by atoms with Crippen molar-refractivity contribution in [3.8, 4) is 0 Å². The standard InChI is InChI=1S/C11H26N2/c1-7-11(12,8-2)9-10(3,4)13(5)6/h7-9,12H2,1-6H3. The van der Waals surface area contributed by atoms with Crippen molar-refractivity contribution in [2.75, 3.05) is 14.1 Å². The minimum Gasteiger partial charge on any atom is -0.325 e. The molecule has 0 radical (unpaired) electrons. The zero-order valence-corrected chi connectivity index (χ0v) is 10.1. The molecule has 0 aliphatic heterocycles. The highest BCUT2D eigenvalue weighted by Gasteiger charge is 2.31. The maximum Gasteiger partial charge on any atom is 0.0166 e. The van der Waals surface area contributed by atoms with E-state index in [1.807, 2.05) is 0 Å². The summed E-state index contributed by atoms with van der Waals surface area (Å²) in [4.78, 5) is 2.25. The SMILES string of the molecule is CCC(N)(CC)CC(C)(C)N(C)C. The Balaban J connectivity index is 4.39. The first kappa shape index (κ1) is 12.9. The van der Waals surface area contributed by atoms with Gasteiger partial charge in [0.15, 0.2) is 0 Å². The van der Waals surface area contributed by atoms with Crippen molar-refractivity contribution in [3.63, 3.8) is 0 Å². The van der Waals surface area contributed by atoms with Crippen LogP contribution in [0.1, 0.15) is 47.0 Å². The summed E-state index contributed by atoms with van der Waals surface area (Å²) in [7, 11) is 4.23. The molecule has 0 bridgehead atoms. The summed E-state index contributed by atoms with van der Waals surface area (Å²) >= 11 is 0. The molecule has 13 heavy (non-hydrogen) atoms. The Bertz CT molecular complexity index is 143. The van der Waals surface area contributed by atoms with Gasteiger partial charge in [-0.05, 0) is 47.2 Å². The Kier molecular flexibility index (Phi) is 4.40. The minimum atomic E-state index is 0.00771. The third kappa shape index (κ3) is 3.65. The number of nitrogens with two attached hydrogens (primary N) is 1. The second-order valence-electron chi connectivity index (χ2n) is 4.95. The molecule has 0 unspecified atom stereocenters. The maximum absolute atomic E-state index is 6.29. The lowest BCUT2D eigenvalue weighted by Gasteiger charge is -2.40. The first-order chi connectivity index (χ1) is 5.77. The first-order valence-corrected chi connectivity index (χ1v) is 5.24. The van der Waals surface area contributed by atoms with Crippen molar-refractivity contribution in [3.05, 3.63) is 0 Å². The molecule has 0 amide bonds. The van der Waals surface area contributed by atoms with Crippen molar-refractivity contribution in [2.45, 2.75) is 58.0 Å². The van der Waals surface area contributed by atoms with E-state index in [0.717, 1.165) is 19.3 Å². The fraction of sp³-hybridized carbons (Fsp3) is 1.00. The molecule has 0 saturated heterocycles. The van der Waals surface area contributed by atoms with Gasteiger partial charge in [-0.25, -0.2) is 0 Å². The number of hydrogen-bond donors (Lipinski definition) is 1. The van der Waals surface area contributed by atoms with E-state index in [4.69, 9.17) is 5.73 Å². The molecule has 0 atom stereocenters.